The first kappa shape index (κ1) is 29.1. The van der Waals surface area contributed by atoms with E-state index in [1.807, 2.05) is 7.05 Å². The maximum Gasteiger partial charge on any atom is 0.0470 e. The third-order valence-corrected chi connectivity index (χ3v) is 10.2. The van der Waals surface area contributed by atoms with Crippen LogP contribution in [0.15, 0.2) is 131 Å². The van der Waals surface area contributed by atoms with E-state index in [9.17, 15) is 0 Å². The molecule has 2 nitrogen and oxygen atoms in total. The van der Waals surface area contributed by atoms with Crippen molar-refractivity contribution in [2.24, 2.45) is 0 Å². The second-order valence-corrected chi connectivity index (χ2v) is 13.3. The first-order valence-electron chi connectivity index (χ1n) is 15.2. The minimum absolute atomic E-state index is 0.114. The highest BCUT2D eigenvalue weighted by atomic mass is 35.5. The van der Waals surface area contributed by atoms with Crippen LogP contribution >= 0.6 is 11.6 Å². The van der Waals surface area contributed by atoms with Crippen molar-refractivity contribution in [1.82, 2.24) is 0 Å². The lowest BCUT2D eigenvalue weighted by molar-refractivity contribution is 0.645. The number of nitrogens with zero attached hydrogens (tertiary/aromatic N) is 1. The Morgan fingerprint density at radius 3 is 2.28 bits per heavy atom. The summed E-state index contributed by atoms with van der Waals surface area (Å²) in [4.78, 5) is 2.34. The fourth-order valence-electron chi connectivity index (χ4n) is 7.10. The molecule has 0 amide bonds. The minimum Gasteiger partial charge on any atom is -0.388 e. The third-order valence-electron chi connectivity index (χ3n) is 9.68. The second kappa shape index (κ2) is 10.9. The Morgan fingerprint density at radius 2 is 1.56 bits per heavy atom. The van der Waals surface area contributed by atoms with Crippen LogP contribution in [-0.4, -0.2) is 14.1 Å². The summed E-state index contributed by atoms with van der Waals surface area (Å²) in [5.41, 5.74) is 9.36. The molecule has 1 aliphatic carbocycles. The lowest BCUT2D eigenvalue weighted by Crippen LogP contribution is -2.22. The van der Waals surface area contributed by atoms with Gasteiger partial charge in [0.2, 0.25) is 0 Å². The summed E-state index contributed by atoms with van der Waals surface area (Å²) in [5, 5.41) is 9.37. The standard InChI is InChI=1S/C40H41ClN2/c1-26(39(2,3)36-31-14-10-8-12-27(31)20-23-33(36)42-6)16-17-29-18-19-30(38(29)41)22-25-35-40(4,5)37-32-15-11-9-13-28(32)21-24-34(37)43(35)7/h8-17,20-25,42H,1,18-19H2,2-7H3/b17-16+,30-22-,35-25-. The first-order chi connectivity index (χ1) is 20.6. The molecular formula is C40H41ClN2. The van der Waals surface area contributed by atoms with Gasteiger partial charge < -0.3 is 10.2 Å². The summed E-state index contributed by atoms with van der Waals surface area (Å²) in [6, 6.07) is 26.1. The molecule has 0 bridgehead atoms. The van der Waals surface area contributed by atoms with Crippen LogP contribution in [0.1, 0.15) is 51.7 Å². The molecule has 2 aliphatic rings. The minimum atomic E-state index is -0.276. The average molecular weight is 585 g/mol. The Labute approximate surface area is 261 Å². The Bertz CT molecular complexity index is 1900. The van der Waals surface area contributed by atoms with Gasteiger partial charge in [0.1, 0.15) is 0 Å². The zero-order valence-corrected chi connectivity index (χ0v) is 26.9. The van der Waals surface area contributed by atoms with Crippen LogP contribution in [-0.2, 0) is 10.8 Å². The van der Waals surface area contributed by atoms with E-state index < -0.39 is 0 Å². The van der Waals surface area contributed by atoms with E-state index in [0.29, 0.717) is 0 Å². The van der Waals surface area contributed by atoms with Crippen molar-refractivity contribution in [2.45, 2.75) is 51.4 Å². The van der Waals surface area contributed by atoms with Crippen LogP contribution in [0.4, 0.5) is 11.4 Å². The average Bonchev–Trinajstić information content (AvgIpc) is 3.45. The van der Waals surface area contributed by atoms with E-state index >= 15 is 0 Å². The molecule has 43 heavy (non-hydrogen) atoms. The molecule has 0 spiro atoms. The van der Waals surface area contributed by atoms with E-state index in [2.05, 4.69) is 149 Å². The molecule has 0 radical (unpaired) electrons. The number of likely N-dealkylation sites (N-methyl/N-ethyl adjacent to an activating group) is 1. The molecule has 4 aromatic carbocycles. The summed E-state index contributed by atoms with van der Waals surface area (Å²) in [6.07, 6.45) is 10.7. The van der Waals surface area contributed by atoms with E-state index in [4.69, 9.17) is 11.6 Å². The van der Waals surface area contributed by atoms with Gasteiger partial charge in [-0.2, -0.15) is 0 Å². The summed E-state index contributed by atoms with van der Waals surface area (Å²) in [7, 11) is 4.16. The smallest absolute Gasteiger partial charge is 0.0470 e. The number of allylic oxidation sites excluding steroid dienone is 9. The SMILES string of the molecule is C=C(/C=C/C1=C(Cl)C(=C\C=C2/N(C)c3ccc4ccccc4c3C2(C)C)/CC1)C(C)(C)c1c(NC)ccc2ccccc12. The number of fused-ring (bicyclic) bond motifs is 4. The highest BCUT2D eigenvalue weighted by molar-refractivity contribution is 6.33. The zero-order chi connectivity index (χ0) is 30.5. The molecule has 4 aromatic rings. The predicted molar refractivity (Wildman–Crippen MR) is 188 cm³/mol. The molecule has 1 N–H and O–H groups in total. The largest absolute Gasteiger partial charge is 0.388 e. The summed E-state index contributed by atoms with van der Waals surface area (Å²) < 4.78 is 0. The molecule has 0 atom stereocenters. The number of hydrogen-bond donors (Lipinski definition) is 1. The lowest BCUT2D eigenvalue weighted by atomic mass is 9.75. The van der Waals surface area contributed by atoms with Crippen molar-refractivity contribution in [3.8, 4) is 0 Å². The molecule has 218 valence electrons. The molecule has 0 saturated carbocycles. The molecule has 1 aliphatic heterocycles. The number of rotatable bonds is 6. The van der Waals surface area contributed by atoms with Crippen LogP contribution in [0.2, 0.25) is 0 Å². The Morgan fingerprint density at radius 1 is 0.907 bits per heavy atom. The van der Waals surface area contributed by atoms with Gasteiger partial charge in [0.25, 0.3) is 0 Å². The van der Waals surface area contributed by atoms with Crippen LogP contribution in [0, 0.1) is 0 Å². The molecule has 3 heteroatoms. The van der Waals surface area contributed by atoms with Gasteiger partial charge >= 0.3 is 0 Å². The summed E-state index contributed by atoms with van der Waals surface area (Å²) in [5.74, 6) is 0. The van der Waals surface area contributed by atoms with Gasteiger partial charge in [-0.05, 0) is 80.4 Å². The number of hydrogen-bond acceptors (Lipinski definition) is 2. The Balaban J connectivity index is 1.28. The van der Waals surface area contributed by atoms with Crippen LogP contribution in [0.5, 0.6) is 0 Å². The number of anilines is 2. The molecule has 0 aromatic heterocycles. The van der Waals surface area contributed by atoms with Gasteiger partial charge in [0.15, 0.2) is 0 Å². The van der Waals surface area contributed by atoms with Gasteiger partial charge in [0.05, 0.1) is 0 Å². The Kier molecular flexibility index (Phi) is 7.39. The van der Waals surface area contributed by atoms with Gasteiger partial charge in [-0.15, -0.1) is 0 Å². The summed E-state index contributed by atoms with van der Waals surface area (Å²) in [6.45, 7) is 13.7. The van der Waals surface area contributed by atoms with E-state index in [1.54, 1.807) is 0 Å². The van der Waals surface area contributed by atoms with Crippen molar-refractivity contribution >= 4 is 44.5 Å². The third kappa shape index (κ3) is 4.82. The fraction of sp³-hybridized carbons (Fsp3) is 0.250. The normalized spacial score (nSPS) is 18.5. The molecule has 0 fully saturated rings. The predicted octanol–water partition coefficient (Wildman–Crippen LogP) is 10.9. The summed E-state index contributed by atoms with van der Waals surface area (Å²) >= 11 is 7.02. The fourth-order valence-corrected chi connectivity index (χ4v) is 7.42. The topological polar surface area (TPSA) is 15.3 Å². The van der Waals surface area contributed by atoms with Gasteiger partial charge in [-0.1, -0.05) is 125 Å². The maximum absolute atomic E-state index is 7.02. The quantitative estimate of drug-likeness (QED) is 0.227. The van der Waals surface area contributed by atoms with Crippen molar-refractivity contribution in [3.05, 3.63) is 142 Å². The molecule has 0 saturated heterocycles. The number of benzene rings is 4. The van der Waals surface area contributed by atoms with Gasteiger partial charge in [-0.25, -0.2) is 0 Å². The lowest BCUT2D eigenvalue weighted by Gasteiger charge is -2.30. The van der Waals surface area contributed by atoms with Gasteiger partial charge in [-0.3, -0.25) is 0 Å². The maximum atomic E-state index is 7.02. The number of nitrogens with one attached hydrogen (secondary N) is 1. The van der Waals surface area contributed by atoms with Crippen molar-refractivity contribution in [2.75, 3.05) is 24.3 Å². The monoisotopic (exact) mass is 584 g/mol. The van der Waals surface area contributed by atoms with E-state index in [1.165, 1.54) is 55.2 Å². The van der Waals surface area contributed by atoms with Crippen molar-refractivity contribution < 1.29 is 0 Å². The van der Waals surface area contributed by atoms with E-state index in [-0.39, 0.29) is 10.8 Å². The molecule has 0 unspecified atom stereocenters. The Hall–Kier alpha value is -4.01. The van der Waals surface area contributed by atoms with Crippen molar-refractivity contribution in [1.29, 1.82) is 0 Å². The highest BCUT2D eigenvalue weighted by Gasteiger charge is 2.39. The highest BCUT2D eigenvalue weighted by Crippen LogP contribution is 2.50. The van der Waals surface area contributed by atoms with Crippen molar-refractivity contribution in [3.63, 3.8) is 0 Å². The first-order valence-corrected chi connectivity index (χ1v) is 15.6. The zero-order valence-electron chi connectivity index (χ0n) is 26.2. The molecule has 6 rings (SSSR count). The molecular weight excluding hydrogens is 544 g/mol. The van der Waals surface area contributed by atoms with Crippen LogP contribution in [0.3, 0.4) is 0 Å². The second-order valence-electron chi connectivity index (χ2n) is 12.9. The van der Waals surface area contributed by atoms with Crippen LogP contribution in [0.25, 0.3) is 21.5 Å². The van der Waals surface area contributed by atoms with Gasteiger partial charge in [0, 0.05) is 47.0 Å². The van der Waals surface area contributed by atoms with E-state index in [0.717, 1.165) is 29.1 Å². The number of halogens is 1. The molecule has 1 heterocycles. The van der Waals surface area contributed by atoms with Crippen LogP contribution < -0.4 is 10.2 Å².